The van der Waals surface area contributed by atoms with Crippen LogP contribution in [-0.4, -0.2) is 96.7 Å². The number of esters is 4. The number of aliphatic hydroxyl groups excluding tert-OH is 1. The molecule has 0 fully saturated rings. The average molecular weight is 1440 g/mol. The molecule has 5 atom stereocenters. The third kappa shape index (κ3) is 70.8. The maximum atomic E-state index is 13.1. The molecule has 0 aliphatic carbocycles. The van der Waals surface area contributed by atoms with Gasteiger partial charge in [0.1, 0.15) is 19.3 Å². The summed E-state index contributed by atoms with van der Waals surface area (Å²) >= 11 is 0. The highest BCUT2D eigenvalue weighted by Crippen LogP contribution is 2.45. The fourth-order valence-corrected chi connectivity index (χ4v) is 10.6. The van der Waals surface area contributed by atoms with Crippen LogP contribution in [0.2, 0.25) is 0 Å². The van der Waals surface area contributed by atoms with E-state index in [-0.39, 0.29) is 25.7 Å². The van der Waals surface area contributed by atoms with Crippen molar-refractivity contribution in [2.75, 3.05) is 39.6 Å². The van der Waals surface area contributed by atoms with Crippen LogP contribution in [0.25, 0.3) is 0 Å². The lowest BCUT2D eigenvalue weighted by atomic mass is 10.1. The molecule has 0 saturated carbocycles. The summed E-state index contributed by atoms with van der Waals surface area (Å²) in [4.78, 5) is 72.7. The molecule has 0 bridgehead atoms. The number of aliphatic hydroxyl groups is 1. The Balaban J connectivity index is 5.49. The second-order valence-corrected chi connectivity index (χ2v) is 27.0. The molecular formula is C81H130O17P2. The van der Waals surface area contributed by atoms with E-state index in [9.17, 15) is 43.2 Å². The van der Waals surface area contributed by atoms with Crippen LogP contribution in [0, 0.1) is 0 Å². The number of hydrogen-bond donors (Lipinski definition) is 3. The Kier molecular flexibility index (Phi) is 67.8. The predicted molar refractivity (Wildman–Crippen MR) is 408 cm³/mol. The van der Waals surface area contributed by atoms with E-state index in [0.717, 1.165) is 148 Å². The molecular weight excluding hydrogens is 1310 g/mol. The molecule has 5 unspecified atom stereocenters. The summed E-state index contributed by atoms with van der Waals surface area (Å²) in [7, 11) is -10.0. The summed E-state index contributed by atoms with van der Waals surface area (Å²) < 4.78 is 68.2. The molecule has 0 radical (unpaired) electrons. The number of ether oxygens (including phenoxy) is 4. The molecule has 0 aromatic heterocycles. The molecule has 0 amide bonds. The number of carbonyl (C=O) groups excluding carboxylic acids is 4. The van der Waals surface area contributed by atoms with Crippen LogP contribution < -0.4 is 0 Å². The Morgan fingerprint density at radius 1 is 0.300 bits per heavy atom. The maximum absolute atomic E-state index is 13.1. The summed E-state index contributed by atoms with van der Waals surface area (Å²) in [6, 6.07) is 0. The maximum Gasteiger partial charge on any atom is 0.472 e. The molecule has 0 rings (SSSR count). The fraction of sp³-hybridized carbons (Fsp3) is 0.605. The predicted octanol–water partition coefficient (Wildman–Crippen LogP) is 21.4. The van der Waals surface area contributed by atoms with Gasteiger partial charge in [-0.05, 0) is 141 Å². The van der Waals surface area contributed by atoms with Gasteiger partial charge in [0.05, 0.1) is 32.8 Å². The first-order valence-corrected chi connectivity index (χ1v) is 40.4. The summed E-state index contributed by atoms with van der Waals surface area (Å²) in [5, 5.41) is 10.6. The van der Waals surface area contributed by atoms with Crippen molar-refractivity contribution in [1.29, 1.82) is 0 Å². The first-order chi connectivity index (χ1) is 48.7. The molecule has 0 saturated heterocycles. The van der Waals surface area contributed by atoms with E-state index in [0.29, 0.717) is 32.1 Å². The zero-order valence-corrected chi connectivity index (χ0v) is 63.3. The van der Waals surface area contributed by atoms with Gasteiger partial charge in [-0.25, -0.2) is 9.13 Å². The van der Waals surface area contributed by atoms with Gasteiger partial charge in [-0.15, -0.1) is 0 Å². The largest absolute Gasteiger partial charge is 0.472 e. The molecule has 0 aromatic carbocycles. The fourth-order valence-electron chi connectivity index (χ4n) is 9.06. The third-order valence-electron chi connectivity index (χ3n) is 14.7. The first-order valence-electron chi connectivity index (χ1n) is 37.4. The van der Waals surface area contributed by atoms with Crippen molar-refractivity contribution in [1.82, 2.24) is 0 Å². The van der Waals surface area contributed by atoms with Gasteiger partial charge in [0, 0.05) is 19.3 Å². The van der Waals surface area contributed by atoms with Crippen molar-refractivity contribution in [3.05, 3.63) is 170 Å². The zero-order valence-electron chi connectivity index (χ0n) is 61.5. The average Bonchev–Trinajstić information content (AvgIpc) is 0.935. The van der Waals surface area contributed by atoms with Crippen molar-refractivity contribution in [2.45, 2.75) is 277 Å². The molecule has 0 spiro atoms. The molecule has 0 aromatic rings. The molecule has 0 aliphatic heterocycles. The lowest BCUT2D eigenvalue weighted by Gasteiger charge is -2.21. The third-order valence-corrected chi connectivity index (χ3v) is 16.6. The van der Waals surface area contributed by atoms with E-state index in [1.54, 1.807) is 6.08 Å². The monoisotopic (exact) mass is 1440 g/mol. The highest BCUT2D eigenvalue weighted by molar-refractivity contribution is 7.47. The van der Waals surface area contributed by atoms with Crippen molar-refractivity contribution >= 4 is 39.5 Å². The Morgan fingerprint density at radius 2 is 0.600 bits per heavy atom. The molecule has 0 aliphatic rings. The van der Waals surface area contributed by atoms with Crippen molar-refractivity contribution < 1.29 is 80.2 Å². The van der Waals surface area contributed by atoms with Crippen LogP contribution in [0.3, 0.4) is 0 Å². The molecule has 19 heteroatoms. The van der Waals surface area contributed by atoms with E-state index in [1.165, 1.54) is 25.7 Å². The quantitative estimate of drug-likeness (QED) is 0.0169. The van der Waals surface area contributed by atoms with Crippen molar-refractivity contribution in [2.24, 2.45) is 0 Å². The van der Waals surface area contributed by atoms with Gasteiger partial charge in [-0.1, -0.05) is 262 Å². The summed E-state index contributed by atoms with van der Waals surface area (Å²) in [6.07, 6.45) is 84.0. The minimum absolute atomic E-state index is 0.0253. The van der Waals surface area contributed by atoms with Gasteiger partial charge in [0.2, 0.25) is 0 Å². The number of rotatable bonds is 68. The van der Waals surface area contributed by atoms with Gasteiger partial charge < -0.3 is 33.8 Å². The molecule has 0 heterocycles. The van der Waals surface area contributed by atoms with Crippen LogP contribution in [0.4, 0.5) is 0 Å². The SMILES string of the molecule is CC/C=C\C/C=C\C/C=C\C/C=C\C/C=C\C/C=C\CCC(=O)OCC(COP(=O)(O)OCC(O)COP(=O)(O)OCC(COC(=O)C/C=C\C/C=C\C/C=C\C/C=C\C/C=C\CC)OC(=O)CCCCCCC/C=C\CCCCCC)OC(=O)CCCCCCC/C=C\C/C=C\CCC. The number of hydrogen-bond acceptors (Lipinski definition) is 15. The normalized spacial score (nSPS) is 14.9. The van der Waals surface area contributed by atoms with Crippen LogP contribution in [0.15, 0.2) is 170 Å². The molecule has 100 heavy (non-hydrogen) atoms. The Morgan fingerprint density at radius 3 is 0.980 bits per heavy atom. The summed E-state index contributed by atoms with van der Waals surface area (Å²) in [6.45, 7) is 4.30. The number of unbranched alkanes of at least 4 members (excludes halogenated alkanes) is 15. The van der Waals surface area contributed by atoms with Crippen molar-refractivity contribution in [3.63, 3.8) is 0 Å². The second kappa shape index (κ2) is 71.8. The Bertz CT molecular complexity index is 2570. The second-order valence-electron chi connectivity index (χ2n) is 24.1. The number of phosphoric acid groups is 2. The first kappa shape index (κ1) is 94.4. The smallest absolute Gasteiger partial charge is 0.462 e. The van der Waals surface area contributed by atoms with E-state index in [4.69, 9.17) is 37.0 Å². The van der Waals surface area contributed by atoms with Crippen LogP contribution >= 0.6 is 15.6 Å². The van der Waals surface area contributed by atoms with E-state index >= 15 is 0 Å². The minimum Gasteiger partial charge on any atom is -0.462 e. The standard InChI is InChI=1S/C81H130O17P2/c1-5-9-13-17-21-25-29-33-35-36-37-38-40-44-46-50-54-58-62-66-79(84)92-72-77(98-81(86)68-64-60-56-52-48-42-32-28-24-20-16-12-8-4)74-96-100(89,90)94-70-75(82)69-93-99(87,88)95-73-76(97-80(85)67-63-59-55-51-47-41-31-27-23-19-15-11-7-3)71-91-78(83)65-61-57-53-49-45-43-39-34-30-26-22-18-14-10-6-2/h9-10,13-14,16,20-22,25-28,31-35,37-39,44-46,49,54,57-58,61,75-77,82H,5-8,11-12,15,17-19,23-24,29-30,36,40-43,47-48,50-53,55-56,59-60,62-74H2,1-4H3,(H,87,88)(H,89,90)/b13-9-,14-10-,20-16-,25-21-,26-22-,31-27-,32-28-,35-33-,38-37-,39-34-,46-44-,49-45-,58-54-,61-57-. The highest BCUT2D eigenvalue weighted by atomic mass is 31.2. The minimum atomic E-state index is -5.01. The van der Waals surface area contributed by atoms with Gasteiger partial charge in [-0.3, -0.25) is 37.3 Å². The van der Waals surface area contributed by atoms with E-state index in [1.807, 2.05) is 36.5 Å². The Hall–Kier alpha value is -5.58. The van der Waals surface area contributed by atoms with Gasteiger partial charge in [0.15, 0.2) is 12.2 Å². The van der Waals surface area contributed by atoms with Gasteiger partial charge in [0.25, 0.3) is 0 Å². The van der Waals surface area contributed by atoms with Crippen molar-refractivity contribution in [3.8, 4) is 0 Å². The lowest BCUT2D eigenvalue weighted by molar-refractivity contribution is -0.161. The van der Waals surface area contributed by atoms with Crippen LogP contribution in [-0.2, 0) is 65.4 Å². The number of phosphoric ester groups is 2. The summed E-state index contributed by atoms with van der Waals surface area (Å²) in [5.41, 5.74) is 0. The summed E-state index contributed by atoms with van der Waals surface area (Å²) in [5.74, 6) is -2.46. The number of allylic oxidation sites excluding steroid dienone is 27. The molecule has 566 valence electrons. The van der Waals surface area contributed by atoms with Crippen LogP contribution in [0.5, 0.6) is 0 Å². The Labute approximate surface area is 603 Å². The topological polar surface area (TPSA) is 237 Å². The lowest BCUT2D eigenvalue weighted by Crippen LogP contribution is -2.30. The highest BCUT2D eigenvalue weighted by Gasteiger charge is 2.30. The van der Waals surface area contributed by atoms with E-state index in [2.05, 4.69) is 155 Å². The molecule has 17 nitrogen and oxygen atoms in total. The molecule has 3 N–H and O–H groups in total. The van der Waals surface area contributed by atoms with Crippen LogP contribution in [0.1, 0.15) is 259 Å². The zero-order chi connectivity index (χ0) is 73.2. The van der Waals surface area contributed by atoms with Gasteiger partial charge >= 0.3 is 39.5 Å². The van der Waals surface area contributed by atoms with E-state index < -0.39 is 97.5 Å². The van der Waals surface area contributed by atoms with Gasteiger partial charge in [-0.2, -0.15) is 0 Å². The number of carbonyl (C=O) groups is 4.